The lowest BCUT2D eigenvalue weighted by molar-refractivity contribution is -0.154. The van der Waals surface area contributed by atoms with Gasteiger partial charge >= 0.3 is 5.97 Å². The standard InChI is InChI=1S/C23H25NO3/c25-21(20-15-19(20)18-9-5-2-6-10-18)24-13-11-23(12-14-24,22(26)27)16-17-7-3-1-4-8-17/h1-10,19-20H,11-16H2,(H,26,27). The molecular weight excluding hydrogens is 338 g/mol. The fourth-order valence-electron chi connectivity index (χ4n) is 4.38. The van der Waals surface area contributed by atoms with Crippen molar-refractivity contribution in [3.63, 3.8) is 0 Å². The van der Waals surface area contributed by atoms with E-state index >= 15 is 0 Å². The number of likely N-dealkylation sites (tertiary alicyclic amines) is 1. The summed E-state index contributed by atoms with van der Waals surface area (Å²) >= 11 is 0. The molecule has 0 radical (unpaired) electrons. The summed E-state index contributed by atoms with van der Waals surface area (Å²) in [6, 6.07) is 20.0. The van der Waals surface area contributed by atoms with E-state index in [4.69, 9.17) is 0 Å². The molecule has 2 atom stereocenters. The van der Waals surface area contributed by atoms with E-state index in [0.717, 1.165) is 12.0 Å². The predicted octanol–water partition coefficient (Wildman–Crippen LogP) is 3.73. The van der Waals surface area contributed by atoms with Gasteiger partial charge in [0.15, 0.2) is 0 Å². The molecule has 2 aromatic carbocycles. The number of hydrogen-bond donors (Lipinski definition) is 1. The third-order valence-corrected chi connectivity index (χ3v) is 6.21. The van der Waals surface area contributed by atoms with Crippen molar-refractivity contribution in [2.45, 2.75) is 31.6 Å². The van der Waals surface area contributed by atoms with E-state index in [1.54, 1.807) is 0 Å². The van der Waals surface area contributed by atoms with Gasteiger partial charge in [-0.3, -0.25) is 9.59 Å². The molecule has 1 heterocycles. The topological polar surface area (TPSA) is 57.6 Å². The summed E-state index contributed by atoms with van der Waals surface area (Å²) < 4.78 is 0. The van der Waals surface area contributed by atoms with Crippen molar-refractivity contribution >= 4 is 11.9 Å². The highest BCUT2D eigenvalue weighted by molar-refractivity contribution is 5.83. The first-order valence-corrected chi connectivity index (χ1v) is 9.70. The molecule has 27 heavy (non-hydrogen) atoms. The van der Waals surface area contributed by atoms with Crippen LogP contribution in [0, 0.1) is 11.3 Å². The van der Waals surface area contributed by atoms with Gasteiger partial charge in [0, 0.05) is 19.0 Å². The van der Waals surface area contributed by atoms with E-state index in [1.807, 2.05) is 53.4 Å². The van der Waals surface area contributed by atoms with Gasteiger partial charge in [0.05, 0.1) is 5.41 Å². The molecule has 2 unspecified atom stereocenters. The number of benzene rings is 2. The van der Waals surface area contributed by atoms with Crippen LogP contribution in [-0.2, 0) is 16.0 Å². The highest BCUT2D eigenvalue weighted by atomic mass is 16.4. The van der Waals surface area contributed by atoms with Crippen LogP contribution < -0.4 is 0 Å². The summed E-state index contributed by atoms with van der Waals surface area (Å²) in [4.78, 5) is 26.8. The SMILES string of the molecule is O=C(C1CC1c1ccccc1)N1CCC(Cc2ccccc2)(C(=O)O)CC1. The lowest BCUT2D eigenvalue weighted by Gasteiger charge is -2.39. The molecule has 140 valence electrons. The fourth-order valence-corrected chi connectivity index (χ4v) is 4.38. The quantitative estimate of drug-likeness (QED) is 0.881. The Morgan fingerprint density at radius 2 is 1.56 bits per heavy atom. The minimum atomic E-state index is -0.763. The Balaban J connectivity index is 1.39. The van der Waals surface area contributed by atoms with Crippen LogP contribution in [0.15, 0.2) is 60.7 Å². The molecule has 1 aliphatic carbocycles. The molecule has 4 nitrogen and oxygen atoms in total. The molecule has 2 fully saturated rings. The largest absolute Gasteiger partial charge is 0.481 e. The molecule has 0 spiro atoms. The van der Waals surface area contributed by atoms with Crippen LogP contribution in [0.2, 0.25) is 0 Å². The third-order valence-electron chi connectivity index (χ3n) is 6.21. The van der Waals surface area contributed by atoms with Gasteiger partial charge in [-0.15, -0.1) is 0 Å². The minimum Gasteiger partial charge on any atom is -0.481 e. The molecular formula is C23H25NO3. The van der Waals surface area contributed by atoms with Crippen molar-refractivity contribution in [1.82, 2.24) is 4.90 Å². The monoisotopic (exact) mass is 363 g/mol. The Kier molecular flexibility index (Phi) is 4.73. The predicted molar refractivity (Wildman–Crippen MR) is 103 cm³/mol. The van der Waals surface area contributed by atoms with Crippen LogP contribution in [0.25, 0.3) is 0 Å². The summed E-state index contributed by atoms with van der Waals surface area (Å²) in [7, 11) is 0. The first-order valence-electron chi connectivity index (χ1n) is 9.70. The smallest absolute Gasteiger partial charge is 0.310 e. The molecule has 1 amide bonds. The number of carboxylic acid groups (broad SMARTS) is 1. The Labute approximate surface area is 159 Å². The van der Waals surface area contributed by atoms with E-state index in [1.165, 1.54) is 5.56 Å². The Hall–Kier alpha value is -2.62. The van der Waals surface area contributed by atoms with Gasteiger partial charge in [-0.05, 0) is 42.7 Å². The van der Waals surface area contributed by atoms with Gasteiger partial charge in [0.2, 0.25) is 5.91 Å². The number of piperidine rings is 1. The van der Waals surface area contributed by atoms with E-state index in [2.05, 4.69) is 12.1 Å². The second kappa shape index (κ2) is 7.18. The number of nitrogens with zero attached hydrogens (tertiary/aromatic N) is 1. The van der Waals surface area contributed by atoms with Crippen molar-refractivity contribution in [2.75, 3.05) is 13.1 Å². The number of hydrogen-bond acceptors (Lipinski definition) is 2. The molecule has 4 rings (SSSR count). The second-order valence-electron chi connectivity index (χ2n) is 7.93. The second-order valence-corrected chi connectivity index (χ2v) is 7.93. The van der Waals surface area contributed by atoms with Gasteiger partial charge in [-0.2, -0.15) is 0 Å². The average molecular weight is 363 g/mol. The number of carbonyl (C=O) groups is 2. The summed E-state index contributed by atoms with van der Waals surface area (Å²) in [6.45, 7) is 1.08. The van der Waals surface area contributed by atoms with E-state index in [9.17, 15) is 14.7 Å². The van der Waals surface area contributed by atoms with Gasteiger partial charge in [0.1, 0.15) is 0 Å². The van der Waals surface area contributed by atoms with Crippen molar-refractivity contribution in [3.05, 3.63) is 71.8 Å². The Morgan fingerprint density at radius 1 is 0.963 bits per heavy atom. The number of amides is 1. The first kappa shape index (κ1) is 17.8. The van der Waals surface area contributed by atoms with Gasteiger partial charge in [0.25, 0.3) is 0 Å². The van der Waals surface area contributed by atoms with Crippen LogP contribution in [0.5, 0.6) is 0 Å². The summed E-state index contributed by atoms with van der Waals surface area (Å²) in [5.41, 5.74) is 1.52. The zero-order valence-electron chi connectivity index (χ0n) is 15.4. The maximum Gasteiger partial charge on any atom is 0.310 e. The van der Waals surface area contributed by atoms with Crippen molar-refractivity contribution in [1.29, 1.82) is 0 Å². The van der Waals surface area contributed by atoms with Gasteiger partial charge in [-0.1, -0.05) is 60.7 Å². The normalized spacial score (nSPS) is 23.6. The summed E-state index contributed by atoms with van der Waals surface area (Å²) in [5.74, 6) is -0.150. The van der Waals surface area contributed by atoms with Gasteiger partial charge in [-0.25, -0.2) is 0 Å². The van der Waals surface area contributed by atoms with E-state index in [0.29, 0.717) is 38.3 Å². The molecule has 0 aromatic heterocycles. The maximum absolute atomic E-state index is 12.9. The minimum absolute atomic E-state index is 0.0684. The van der Waals surface area contributed by atoms with Gasteiger partial charge < -0.3 is 10.0 Å². The molecule has 2 aliphatic rings. The molecule has 2 aromatic rings. The van der Waals surface area contributed by atoms with Crippen molar-refractivity contribution < 1.29 is 14.7 Å². The summed E-state index contributed by atoms with van der Waals surface area (Å²) in [6.07, 6.45) is 2.48. The average Bonchev–Trinajstić information content (AvgIpc) is 3.50. The maximum atomic E-state index is 12.9. The van der Waals surface area contributed by atoms with E-state index in [-0.39, 0.29) is 11.8 Å². The molecule has 1 N–H and O–H groups in total. The lowest BCUT2D eigenvalue weighted by Crippen LogP contribution is -2.48. The van der Waals surface area contributed by atoms with Crippen LogP contribution >= 0.6 is 0 Å². The van der Waals surface area contributed by atoms with Crippen LogP contribution in [0.1, 0.15) is 36.3 Å². The number of carbonyl (C=O) groups excluding carboxylic acids is 1. The summed E-state index contributed by atoms with van der Waals surface area (Å²) in [5, 5.41) is 9.88. The molecule has 0 bridgehead atoms. The first-order chi connectivity index (χ1) is 13.1. The molecule has 4 heteroatoms. The zero-order valence-corrected chi connectivity index (χ0v) is 15.4. The zero-order chi connectivity index (χ0) is 18.9. The van der Waals surface area contributed by atoms with Crippen LogP contribution in [0.3, 0.4) is 0 Å². The van der Waals surface area contributed by atoms with Crippen molar-refractivity contribution in [3.8, 4) is 0 Å². The lowest BCUT2D eigenvalue weighted by atomic mass is 9.73. The number of aliphatic carboxylic acids is 1. The fraction of sp³-hybridized carbons (Fsp3) is 0.391. The highest BCUT2D eigenvalue weighted by Gasteiger charge is 2.48. The van der Waals surface area contributed by atoms with Crippen LogP contribution in [0.4, 0.5) is 0 Å². The molecule has 1 aliphatic heterocycles. The number of rotatable bonds is 5. The Morgan fingerprint density at radius 3 is 2.15 bits per heavy atom. The molecule has 1 saturated heterocycles. The van der Waals surface area contributed by atoms with Crippen LogP contribution in [-0.4, -0.2) is 35.0 Å². The Bertz CT molecular complexity index is 810. The third kappa shape index (κ3) is 3.61. The van der Waals surface area contributed by atoms with Crippen molar-refractivity contribution in [2.24, 2.45) is 11.3 Å². The molecule has 1 saturated carbocycles. The highest BCUT2D eigenvalue weighted by Crippen LogP contribution is 2.49. The number of carboxylic acids is 1. The van der Waals surface area contributed by atoms with E-state index < -0.39 is 11.4 Å².